The van der Waals surface area contributed by atoms with Crippen LogP contribution in [0.1, 0.15) is 36.3 Å². The largest absolute Gasteiger partial charge is 0.450 e. The van der Waals surface area contributed by atoms with Gasteiger partial charge in [0.25, 0.3) is 6.47 Å². The molecule has 3 rings (SSSR count). The monoisotopic (exact) mass is 399 g/mol. The second kappa shape index (κ2) is 9.81. The van der Waals surface area contributed by atoms with Gasteiger partial charge in [0.2, 0.25) is 5.89 Å². The molecule has 1 heterocycles. The van der Waals surface area contributed by atoms with E-state index < -0.39 is 0 Å². The van der Waals surface area contributed by atoms with Crippen LogP contribution in [0.4, 0.5) is 0 Å². The number of hydrogen-bond acceptors (Lipinski definition) is 6. The fourth-order valence-corrected chi connectivity index (χ4v) is 4.01. The fourth-order valence-electron chi connectivity index (χ4n) is 2.89. The molecule has 0 aliphatic heterocycles. The van der Waals surface area contributed by atoms with E-state index >= 15 is 0 Å². The highest BCUT2D eigenvalue weighted by molar-refractivity contribution is 8.00. The molecule has 0 amide bonds. The van der Waals surface area contributed by atoms with Crippen molar-refractivity contribution in [2.75, 3.05) is 19.0 Å². The summed E-state index contributed by atoms with van der Waals surface area (Å²) in [5.74, 6) is 8.18. The number of oxazole rings is 1. The second-order valence-electron chi connectivity index (χ2n) is 6.81. The lowest BCUT2D eigenvalue weighted by atomic mass is 9.95. The molecule has 6 heteroatoms. The topological polar surface area (TPSA) is 61.6 Å². The van der Waals surface area contributed by atoms with Gasteiger partial charge in [0, 0.05) is 12.0 Å². The van der Waals surface area contributed by atoms with Crippen molar-refractivity contribution >= 4 is 18.2 Å². The van der Waals surface area contributed by atoms with Crippen LogP contribution in [-0.4, -0.2) is 35.4 Å². The van der Waals surface area contributed by atoms with E-state index in [2.05, 4.69) is 23.7 Å². The number of thioether (sulfide) groups is 1. The quantitative estimate of drug-likeness (QED) is 0.271. The van der Waals surface area contributed by atoms with Crippen molar-refractivity contribution in [3.8, 4) is 23.3 Å². The van der Waals surface area contributed by atoms with Crippen LogP contribution in [0.3, 0.4) is 0 Å². The number of nitrogens with zero attached hydrogens (tertiary/aromatic N) is 1. The fraction of sp³-hybridized carbons (Fsp3) is 0.455. The third kappa shape index (κ3) is 5.40. The van der Waals surface area contributed by atoms with E-state index in [1.165, 1.54) is 5.56 Å². The molecule has 28 heavy (non-hydrogen) atoms. The molecule has 0 N–H and O–H groups in total. The highest BCUT2D eigenvalue weighted by atomic mass is 32.2. The first-order valence-electron chi connectivity index (χ1n) is 9.44. The molecule has 1 aliphatic carbocycles. The van der Waals surface area contributed by atoms with Crippen LogP contribution in [-0.2, 0) is 20.7 Å². The van der Waals surface area contributed by atoms with Crippen LogP contribution in [0.25, 0.3) is 11.5 Å². The van der Waals surface area contributed by atoms with Crippen molar-refractivity contribution in [2.24, 2.45) is 0 Å². The van der Waals surface area contributed by atoms with Gasteiger partial charge in [-0.05, 0) is 45.2 Å². The minimum Gasteiger partial charge on any atom is -0.450 e. The Kier molecular flexibility index (Phi) is 7.18. The molecular formula is C22H25NO4S. The van der Waals surface area contributed by atoms with Crippen molar-refractivity contribution in [2.45, 2.75) is 44.5 Å². The molecule has 1 aromatic heterocycles. The average Bonchev–Trinajstić information content (AvgIpc) is 3.03. The van der Waals surface area contributed by atoms with E-state index in [1.54, 1.807) is 11.8 Å². The second-order valence-corrected chi connectivity index (χ2v) is 8.13. The normalized spacial score (nSPS) is 14.6. The van der Waals surface area contributed by atoms with E-state index in [4.69, 9.17) is 13.9 Å². The Labute approximate surface area is 170 Å². The van der Waals surface area contributed by atoms with Gasteiger partial charge in [0.15, 0.2) is 4.93 Å². The van der Waals surface area contributed by atoms with E-state index in [0.717, 1.165) is 36.3 Å². The summed E-state index contributed by atoms with van der Waals surface area (Å²) in [7, 11) is 0. The van der Waals surface area contributed by atoms with Gasteiger partial charge in [-0.2, -0.15) is 0 Å². The van der Waals surface area contributed by atoms with Gasteiger partial charge in [-0.1, -0.05) is 29.5 Å². The van der Waals surface area contributed by atoms with Crippen LogP contribution >= 0.6 is 11.8 Å². The van der Waals surface area contributed by atoms with Crippen LogP contribution in [0.15, 0.2) is 28.7 Å². The predicted octanol–water partition coefficient (Wildman–Crippen LogP) is 4.31. The molecule has 0 bridgehead atoms. The van der Waals surface area contributed by atoms with Crippen molar-refractivity contribution in [1.82, 2.24) is 4.98 Å². The average molecular weight is 400 g/mol. The number of hydrogen-bond donors (Lipinski definition) is 0. The van der Waals surface area contributed by atoms with Gasteiger partial charge in [0.1, 0.15) is 12.4 Å². The summed E-state index contributed by atoms with van der Waals surface area (Å²) in [4.78, 5) is 14.8. The molecular weight excluding hydrogens is 374 g/mol. The van der Waals surface area contributed by atoms with Gasteiger partial charge in [-0.15, -0.1) is 11.8 Å². The number of carbonyl (C=O) groups excluding carboxylic acids is 1. The Morgan fingerprint density at radius 1 is 1.25 bits per heavy atom. The molecule has 1 saturated carbocycles. The van der Waals surface area contributed by atoms with Crippen molar-refractivity contribution in [3.63, 3.8) is 0 Å². The molecule has 5 nitrogen and oxygen atoms in total. The van der Waals surface area contributed by atoms with E-state index in [9.17, 15) is 4.79 Å². The molecule has 0 saturated heterocycles. The lowest BCUT2D eigenvalue weighted by Crippen LogP contribution is -2.36. The Morgan fingerprint density at radius 3 is 2.71 bits per heavy atom. The van der Waals surface area contributed by atoms with Gasteiger partial charge in [0.05, 0.1) is 18.1 Å². The van der Waals surface area contributed by atoms with E-state index in [0.29, 0.717) is 37.8 Å². The summed E-state index contributed by atoms with van der Waals surface area (Å²) in [5.41, 5.74) is 3.10. The highest BCUT2D eigenvalue weighted by Crippen LogP contribution is 2.44. The minimum atomic E-state index is -0.336. The number of benzene rings is 1. The standard InChI is InChI=1S/C22H25NO4S/c1-17-6-8-19(9-7-17)21-23-20(18(2)27-21)10-14-25-13-3-4-15-28-22(26-16-24)11-5-12-22/h6-9,16H,5,10-15H2,1-2H3. The molecule has 148 valence electrons. The van der Waals surface area contributed by atoms with E-state index in [-0.39, 0.29) is 4.93 Å². The Morgan fingerprint density at radius 2 is 2.04 bits per heavy atom. The maximum atomic E-state index is 10.6. The first-order valence-corrected chi connectivity index (χ1v) is 10.4. The lowest BCUT2D eigenvalue weighted by Gasteiger charge is -2.38. The third-order valence-corrected chi connectivity index (χ3v) is 6.08. The smallest absolute Gasteiger partial charge is 0.294 e. The minimum absolute atomic E-state index is 0.336. The van der Waals surface area contributed by atoms with Crippen LogP contribution < -0.4 is 0 Å². The Bertz CT molecular complexity index is 844. The predicted molar refractivity (Wildman–Crippen MR) is 110 cm³/mol. The molecule has 0 unspecified atom stereocenters. The van der Waals surface area contributed by atoms with Crippen LogP contribution in [0.2, 0.25) is 0 Å². The number of rotatable bonds is 9. The molecule has 2 aromatic rings. The molecule has 1 aromatic carbocycles. The Balaban J connectivity index is 1.38. The van der Waals surface area contributed by atoms with E-state index in [1.807, 2.05) is 31.2 Å². The lowest BCUT2D eigenvalue weighted by molar-refractivity contribution is -0.140. The zero-order chi connectivity index (χ0) is 19.8. The molecule has 0 spiro atoms. The number of ether oxygens (including phenoxy) is 2. The molecule has 0 atom stereocenters. The summed E-state index contributed by atoms with van der Waals surface area (Å²) < 4.78 is 16.6. The summed E-state index contributed by atoms with van der Waals surface area (Å²) in [6.45, 7) is 5.44. The molecule has 0 radical (unpaired) electrons. The number of aromatic nitrogens is 1. The Hall–Kier alpha value is -2.23. The molecule has 1 aliphatic rings. The third-order valence-electron chi connectivity index (χ3n) is 4.76. The van der Waals surface area contributed by atoms with Gasteiger partial charge < -0.3 is 13.9 Å². The van der Waals surface area contributed by atoms with Gasteiger partial charge >= 0.3 is 0 Å². The maximum Gasteiger partial charge on any atom is 0.294 e. The highest BCUT2D eigenvalue weighted by Gasteiger charge is 2.39. The summed E-state index contributed by atoms with van der Waals surface area (Å²) in [6.07, 6.45) is 3.62. The molecule has 1 fully saturated rings. The summed E-state index contributed by atoms with van der Waals surface area (Å²) >= 11 is 1.59. The zero-order valence-corrected chi connectivity index (χ0v) is 17.1. The summed E-state index contributed by atoms with van der Waals surface area (Å²) in [6, 6.07) is 8.13. The van der Waals surface area contributed by atoms with Crippen molar-refractivity contribution < 1.29 is 18.7 Å². The maximum absolute atomic E-state index is 10.6. The SMILES string of the molecule is Cc1ccc(-c2nc(CCOCC#CCSC3(OC=O)CCC3)c(C)o2)cc1. The number of aryl methyl sites for hydroxylation is 2. The van der Waals surface area contributed by atoms with Crippen LogP contribution in [0.5, 0.6) is 0 Å². The summed E-state index contributed by atoms with van der Waals surface area (Å²) in [5, 5.41) is 0. The van der Waals surface area contributed by atoms with Crippen LogP contribution in [0, 0.1) is 25.7 Å². The zero-order valence-electron chi connectivity index (χ0n) is 16.3. The van der Waals surface area contributed by atoms with Crippen molar-refractivity contribution in [3.05, 3.63) is 41.3 Å². The van der Waals surface area contributed by atoms with Gasteiger partial charge in [-0.25, -0.2) is 4.98 Å². The van der Waals surface area contributed by atoms with Crippen molar-refractivity contribution in [1.29, 1.82) is 0 Å². The number of carbonyl (C=O) groups is 1. The first-order chi connectivity index (χ1) is 13.6. The first kappa shape index (κ1) is 20.5. The van der Waals surface area contributed by atoms with Gasteiger partial charge in [-0.3, -0.25) is 4.79 Å².